The normalized spacial score (nSPS) is 13.2. The second-order valence-electron chi connectivity index (χ2n) is 3.59. The van der Waals surface area contributed by atoms with Crippen LogP contribution in [0.1, 0.15) is 13.0 Å². The van der Waals surface area contributed by atoms with Crippen LogP contribution in [0.4, 0.5) is 0 Å². The molecule has 5 heteroatoms. The summed E-state index contributed by atoms with van der Waals surface area (Å²) in [5.41, 5.74) is 6.71. The molecular weight excluding hydrogens is 194 g/mol. The quantitative estimate of drug-likeness (QED) is 0.672. The highest BCUT2D eigenvalue weighted by Crippen LogP contribution is 2.18. The van der Waals surface area contributed by atoms with Gasteiger partial charge < -0.3 is 15.8 Å². The molecule has 0 fully saturated rings. The number of nitrogens with zero attached hydrogens (tertiary/aromatic N) is 1. The summed E-state index contributed by atoms with van der Waals surface area (Å²) in [6, 6.07) is 4.72. The highest BCUT2D eigenvalue weighted by atomic mass is 16.3. The molecule has 5 nitrogen and oxygen atoms in total. The Morgan fingerprint density at radius 3 is 3.00 bits per heavy atom. The number of imidazole rings is 1. The third kappa shape index (κ3) is 1.50. The van der Waals surface area contributed by atoms with E-state index in [4.69, 9.17) is 5.73 Å². The number of aromatic amines is 1. The van der Waals surface area contributed by atoms with Crippen LogP contribution in [0, 0.1) is 0 Å². The summed E-state index contributed by atoms with van der Waals surface area (Å²) in [5.74, 6) is 0.135. The number of hydrogen-bond donors (Lipinski definition) is 3. The van der Waals surface area contributed by atoms with Gasteiger partial charge in [0.25, 0.3) is 0 Å². The monoisotopic (exact) mass is 207 g/mol. The maximum atomic E-state index is 11.6. The number of phenols is 1. The summed E-state index contributed by atoms with van der Waals surface area (Å²) >= 11 is 0. The molecule has 0 saturated carbocycles. The Morgan fingerprint density at radius 2 is 2.33 bits per heavy atom. The average molecular weight is 207 g/mol. The minimum Gasteiger partial charge on any atom is -0.508 e. The van der Waals surface area contributed by atoms with E-state index in [0.29, 0.717) is 12.1 Å². The predicted octanol–water partition coefficient (Wildman–Crippen LogP) is 0.555. The lowest BCUT2D eigenvalue weighted by molar-refractivity contribution is 0.476. The molecule has 1 unspecified atom stereocenters. The largest absolute Gasteiger partial charge is 0.508 e. The number of H-pyrrole nitrogens is 1. The predicted molar refractivity (Wildman–Crippen MR) is 58.0 cm³/mol. The first kappa shape index (κ1) is 9.79. The van der Waals surface area contributed by atoms with Crippen LogP contribution in [-0.2, 0) is 0 Å². The van der Waals surface area contributed by atoms with E-state index in [0.717, 1.165) is 5.52 Å². The Bertz CT molecular complexity index is 541. The van der Waals surface area contributed by atoms with Crippen LogP contribution < -0.4 is 11.4 Å². The zero-order chi connectivity index (χ0) is 11.0. The molecule has 0 saturated heterocycles. The zero-order valence-corrected chi connectivity index (χ0v) is 8.40. The molecule has 0 radical (unpaired) electrons. The van der Waals surface area contributed by atoms with Crippen LogP contribution in [-0.4, -0.2) is 21.2 Å². The Kier molecular flexibility index (Phi) is 2.24. The van der Waals surface area contributed by atoms with Gasteiger partial charge in [-0.25, -0.2) is 4.79 Å². The van der Waals surface area contributed by atoms with Crippen molar-refractivity contribution in [3.8, 4) is 5.75 Å². The van der Waals surface area contributed by atoms with Gasteiger partial charge in [-0.2, -0.15) is 0 Å². The smallest absolute Gasteiger partial charge is 0.326 e. The van der Waals surface area contributed by atoms with Gasteiger partial charge in [-0.1, -0.05) is 0 Å². The number of rotatable bonds is 2. The molecule has 1 aromatic heterocycles. The van der Waals surface area contributed by atoms with Gasteiger partial charge in [-0.05, 0) is 19.1 Å². The molecule has 0 bridgehead atoms. The molecule has 1 aromatic carbocycles. The van der Waals surface area contributed by atoms with Gasteiger partial charge >= 0.3 is 5.69 Å². The maximum Gasteiger partial charge on any atom is 0.326 e. The first-order valence-electron chi connectivity index (χ1n) is 4.77. The van der Waals surface area contributed by atoms with E-state index in [1.54, 1.807) is 16.7 Å². The van der Waals surface area contributed by atoms with E-state index >= 15 is 0 Å². The fourth-order valence-corrected chi connectivity index (χ4v) is 1.66. The van der Waals surface area contributed by atoms with Crippen LogP contribution in [0.25, 0.3) is 11.0 Å². The summed E-state index contributed by atoms with van der Waals surface area (Å²) in [6.07, 6.45) is 0. The number of fused-ring (bicyclic) bond motifs is 1. The molecule has 0 amide bonds. The van der Waals surface area contributed by atoms with Gasteiger partial charge in [0.2, 0.25) is 0 Å². The third-order valence-electron chi connectivity index (χ3n) is 2.48. The summed E-state index contributed by atoms with van der Waals surface area (Å²) in [7, 11) is 0. The maximum absolute atomic E-state index is 11.6. The Hall–Kier alpha value is -1.75. The molecule has 2 rings (SSSR count). The lowest BCUT2D eigenvalue weighted by atomic mass is 10.2. The van der Waals surface area contributed by atoms with Crippen LogP contribution >= 0.6 is 0 Å². The minimum absolute atomic E-state index is 0.0595. The highest BCUT2D eigenvalue weighted by Gasteiger charge is 2.11. The molecule has 1 atom stereocenters. The number of nitrogens with two attached hydrogens (primary N) is 1. The number of aromatic hydroxyl groups is 1. The first-order valence-corrected chi connectivity index (χ1v) is 4.77. The molecule has 0 aliphatic rings. The van der Waals surface area contributed by atoms with Crippen molar-refractivity contribution in [2.45, 2.75) is 13.0 Å². The van der Waals surface area contributed by atoms with Crippen molar-refractivity contribution in [1.82, 2.24) is 9.55 Å². The zero-order valence-electron chi connectivity index (χ0n) is 8.40. The number of nitrogens with one attached hydrogen (secondary N) is 1. The second kappa shape index (κ2) is 3.43. The van der Waals surface area contributed by atoms with Crippen LogP contribution in [0.15, 0.2) is 23.0 Å². The highest BCUT2D eigenvalue weighted by molar-refractivity contribution is 5.77. The summed E-state index contributed by atoms with van der Waals surface area (Å²) in [5, 5.41) is 9.27. The van der Waals surface area contributed by atoms with Crippen molar-refractivity contribution in [3.05, 3.63) is 28.7 Å². The van der Waals surface area contributed by atoms with E-state index < -0.39 is 0 Å². The summed E-state index contributed by atoms with van der Waals surface area (Å²) in [4.78, 5) is 14.3. The molecule has 0 aliphatic carbocycles. The van der Waals surface area contributed by atoms with Crippen molar-refractivity contribution < 1.29 is 5.11 Å². The molecule has 0 aliphatic heterocycles. The minimum atomic E-state index is -0.200. The van der Waals surface area contributed by atoms with Crippen LogP contribution in [0.5, 0.6) is 5.75 Å². The van der Waals surface area contributed by atoms with Gasteiger partial charge in [0.05, 0.1) is 11.0 Å². The Labute approximate surface area is 86.1 Å². The standard InChI is InChI=1S/C10H13N3O2/c1-6(5-11)13-9-3-2-7(14)4-8(9)12-10(13)15/h2-4,6,14H,5,11H2,1H3,(H,12,15). The van der Waals surface area contributed by atoms with Gasteiger partial charge in [-0.3, -0.25) is 4.57 Å². The summed E-state index contributed by atoms with van der Waals surface area (Å²) in [6.45, 7) is 2.27. The molecule has 0 spiro atoms. The fourth-order valence-electron chi connectivity index (χ4n) is 1.66. The topological polar surface area (TPSA) is 84.0 Å². The molecule has 2 aromatic rings. The SMILES string of the molecule is CC(CN)n1c(=O)[nH]c2cc(O)ccc21. The third-order valence-corrected chi connectivity index (χ3v) is 2.48. The lowest BCUT2D eigenvalue weighted by Gasteiger charge is -2.09. The van der Waals surface area contributed by atoms with E-state index in [-0.39, 0.29) is 17.5 Å². The number of aromatic nitrogens is 2. The Morgan fingerprint density at radius 1 is 1.60 bits per heavy atom. The summed E-state index contributed by atoms with van der Waals surface area (Å²) < 4.78 is 1.59. The van der Waals surface area contributed by atoms with Crippen molar-refractivity contribution in [2.75, 3.05) is 6.54 Å². The molecule has 1 heterocycles. The van der Waals surface area contributed by atoms with Crippen molar-refractivity contribution in [1.29, 1.82) is 0 Å². The van der Waals surface area contributed by atoms with Gasteiger partial charge in [-0.15, -0.1) is 0 Å². The first-order chi connectivity index (χ1) is 7.13. The molecular formula is C10H13N3O2. The van der Waals surface area contributed by atoms with E-state index in [1.165, 1.54) is 6.07 Å². The molecule has 4 N–H and O–H groups in total. The van der Waals surface area contributed by atoms with E-state index in [2.05, 4.69) is 4.98 Å². The van der Waals surface area contributed by atoms with Gasteiger partial charge in [0, 0.05) is 18.7 Å². The fraction of sp³-hybridized carbons (Fsp3) is 0.300. The second-order valence-corrected chi connectivity index (χ2v) is 3.59. The van der Waals surface area contributed by atoms with Crippen LogP contribution in [0.2, 0.25) is 0 Å². The molecule has 15 heavy (non-hydrogen) atoms. The van der Waals surface area contributed by atoms with Crippen molar-refractivity contribution >= 4 is 11.0 Å². The van der Waals surface area contributed by atoms with Crippen molar-refractivity contribution in [2.24, 2.45) is 5.73 Å². The lowest BCUT2D eigenvalue weighted by Crippen LogP contribution is -2.25. The van der Waals surface area contributed by atoms with E-state index in [9.17, 15) is 9.90 Å². The Balaban J connectivity index is 2.74. The number of phenolic OH excluding ortho intramolecular Hbond substituents is 1. The molecule has 80 valence electrons. The average Bonchev–Trinajstić information content (AvgIpc) is 2.52. The van der Waals surface area contributed by atoms with Crippen molar-refractivity contribution in [3.63, 3.8) is 0 Å². The number of hydrogen-bond acceptors (Lipinski definition) is 3. The van der Waals surface area contributed by atoms with E-state index in [1.807, 2.05) is 6.92 Å². The van der Waals surface area contributed by atoms with Gasteiger partial charge in [0.1, 0.15) is 5.75 Å². The number of benzene rings is 1. The van der Waals surface area contributed by atoms with Crippen LogP contribution in [0.3, 0.4) is 0 Å². The van der Waals surface area contributed by atoms with Gasteiger partial charge in [0.15, 0.2) is 0 Å².